The van der Waals surface area contributed by atoms with Crippen LogP contribution in [0.15, 0.2) is 48.5 Å². The number of nitrogens with zero attached hydrogens (tertiary/aromatic N) is 4. The zero-order chi connectivity index (χ0) is 28.2. The van der Waals surface area contributed by atoms with Crippen LogP contribution in [0, 0.1) is 0 Å². The van der Waals surface area contributed by atoms with Gasteiger partial charge in [0.1, 0.15) is 12.4 Å². The first kappa shape index (κ1) is 29.6. The summed E-state index contributed by atoms with van der Waals surface area (Å²) in [5, 5.41) is 5.84. The van der Waals surface area contributed by atoms with Crippen molar-refractivity contribution in [3.8, 4) is 5.75 Å². The van der Waals surface area contributed by atoms with Gasteiger partial charge in [0.2, 0.25) is 0 Å². The molecule has 0 saturated carbocycles. The lowest BCUT2D eigenvalue weighted by Gasteiger charge is -2.36. The van der Waals surface area contributed by atoms with Crippen LogP contribution in [0.3, 0.4) is 0 Å². The molecule has 218 valence electrons. The molecule has 2 heterocycles. The highest BCUT2D eigenvalue weighted by Crippen LogP contribution is 2.24. The number of rotatable bonds is 12. The number of carbonyl (C=O) groups excluding carboxylic acids is 2. The average molecular weight is 553 g/mol. The molecule has 0 aromatic heterocycles. The number of likely N-dealkylation sites (N-methyl/N-ethyl adjacent to an activating group) is 1. The number of amides is 2. The maximum atomic E-state index is 12.8. The highest BCUT2D eigenvalue weighted by atomic mass is 16.5. The zero-order valence-corrected chi connectivity index (χ0v) is 23.9. The molecule has 10 heteroatoms. The van der Waals surface area contributed by atoms with Crippen LogP contribution >= 0.6 is 0 Å². The van der Waals surface area contributed by atoms with Gasteiger partial charge in [0, 0.05) is 76.7 Å². The fourth-order valence-corrected chi connectivity index (χ4v) is 5.02. The number of benzene rings is 2. The van der Waals surface area contributed by atoms with E-state index < -0.39 is 6.09 Å². The third-order valence-electron chi connectivity index (χ3n) is 7.44. The SMILES string of the molecule is CCOc1ccccc1NC(=O)OCCN1CCN(c2cccc(C(=O)NCCCN3CCN(C)CC3)c2)CC1. The number of para-hydroxylation sites is 2. The van der Waals surface area contributed by atoms with E-state index in [9.17, 15) is 9.59 Å². The molecular weight excluding hydrogens is 508 g/mol. The topological polar surface area (TPSA) is 89.6 Å². The lowest BCUT2D eigenvalue weighted by atomic mass is 10.1. The molecule has 10 nitrogen and oxygen atoms in total. The van der Waals surface area contributed by atoms with Crippen molar-refractivity contribution in [3.63, 3.8) is 0 Å². The summed E-state index contributed by atoms with van der Waals surface area (Å²) in [6, 6.07) is 15.2. The fraction of sp³-hybridized carbons (Fsp3) is 0.533. The highest BCUT2D eigenvalue weighted by Gasteiger charge is 2.19. The normalized spacial score (nSPS) is 16.9. The molecule has 0 atom stereocenters. The summed E-state index contributed by atoms with van der Waals surface area (Å²) in [6.07, 6.45) is 0.475. The van der Waals surface area contributed by atoms with Crippen LogP contribution in [0.2, 0.25) is 0 Å². The second kappa shape index (κ2) is 15.4. The molecule has 2 fully saturated rings. The van der Waals surface area contributed by atoms with Crippen LogP contribution in [-0.2, 0) is 4.74 Å². The van der Waals surface area contributed by atoms with Gasteiger partial charge >= 0.3 is 6.09 Å². The molecule has 0 bridgehead atoms. The predicted molar refractivity (Wildman–Crippen MR) is 159 cm³/mol. The number of ether oxygens (including phenoxy) is 2. The molecule has 2 aromatic carbocycles. The van der Waals surface area contributed by atoms with Crippen LogP contribution in [0.1, 0.15) is 23.7 Å². The molecule has 4 rings (SSSR count). The quantitative estimate of drug-likeness (QED) is 0.389. The Kier molecular flexibility index (Phi) is 11.4. The lowest BCUT2D eigenvalue weighted by Crippen LogP contribution is -2.47. The van der Waals surface area contributed by atoms with Gasteiger partial charge in [0.05, 0.1) is 12.3 Å². The predicted octanol–water partition coefficient (Wildman–Crippen LogP) is 2.82. The molecule has 0 aliphatic carbocycles. The molecule has 40 heavy (non-hydrogen) atoms. The summed E-state index contributed by atoms with van der Waals surface area (Å²) in [6.45, 7) is 13.0. The van der Waals surface area contributed by atoms with E-state index in [1.165, 1.54) is 0 Å². The van der Waals surface area contributed by atoms with E-state index in [0.717, 1.165) is 71.0 Å². The monoisotopic (exact) mass is 552 g/mol. The largest absolute Gasteiger partial charge is 0.492 e. The van der Waals surface area contributed by atoms with Gasteiger partial charge in [0.25, 0.3) is 5.91 Å². The first-order valence-electron chi connectivity index (χ1n) is 14.4. The molecule has 2 saturated heterocycles. The Balaban J connectivity index is 1.13. The van der Waals surface area contributed by atoms with Gasteiger partial charge in [-0.25, -0.2) is 4.79 Å². The third-order valence-corrected chi connectivity index (χ3v) is 7.44. The number of hydrogen-bond donors (Lipinski definition) is 2. The minimum atomic E-state index is -0.486. The summed E-state index contributed by atoms with van der Waals surface area (Å²) in [4.78, 5) is 34.4. The molecule has 2 amide bonds. The standard InChI is InChI=1S/C30H44N6O4/c1-3-39-28-11-5-4-10-27(28)32-30(38)40-23-22-35-18-20-36(21-19-35)26-9-6-8-25(24-26)29(37)31-12-7-13-34-16-14-33(2)15-17-34/h4-6,8-11,24H,3,7,12-23H2,1-2H3,(H,31,37)(H,32,38). The molecule has 2 aromatic rings. The van der Waals surface area contributed by atoms with Crippen molar-refractivity contribution in [2.45, 2.75) is 13.3 Å². The van der Waals surface area contributed by atoms with Crippen LogP contribution in [0.25, 0.3) is 0 Å². The van der Waals surface area contributed by atoms with E-state index in [2.05, 4.69) is 43.3 Å². The molecule has 0 radical (unpaired) electrons. The minimum Gasteiger partial charge on any atom is -0.492 e. The molecule has 0 unspecified atom stereocenters. The Morgan fingerprint density at radius 3 is 2.38 bits per heavy atom. The van der Waals surface area contributed by atoms with Crippen molar-refractivity contribution in [1.82, 2.24) is 20.0 Å². The summed E-state index contributed by atoms with van der Waals surface area (Å²) in [5.74, 6) is 0.610. The second-order valence-corrected chi connectivity index (χ2v) is 10.3. The molecular formula is C30H44N6O4. The minimum absolute atomic E-state index is 0.0156. The van der Waals surface area contributed by atoms with E-state index in [1.54, 1.807) is 6.07 Å². The van der Waals surface area contributed by atoms with E-state index >= 15 is 0 Å². The summed E-state index contributed by atoms with van der Waals surface area (Å²) in [7, 11) is 2.16. The van der Waals surface area contributed by atoms with Crippen molar-refractivity contribution < 1.29 is 19.1 Å². The van der Waals surface area contributed by atoms with Gasteiger partial charge in [-0.2, -0.15) is 0 Å². The number of nitrogens with one attached hydrogen (secondary N) is 2. The Labute approximate surface area is 238 Å². The highest BCUT2D eigenvalue weighted by molar-refractivity contribution is 5.95. The summed E-state index contributed by atoms with van der Waals surface area (Å²) < 4.78 is 10.9. The number of piperazine rings is 2. The zero-order valence-electron chi connectivity index (χ0n) is 23.9. The first-order chi connectivity index (χ1) is 19.5. The van der Waals surface area contributed by atoms with Crippen LogP contribution < -0.4 is 20.3 Å². The molecule has 2 aliphatic rings. The Morgan fingerprint density at radius 1 is 0.875 bits per heavy atom. The molecule has 2 aliphatic heterocycles. The molecule has 0 spiro atoms. The Hall–Kier alpha value is -3.34. The summed E-state index contributed by atoms with van der Waals surface area (Å²) >= 11 is 0. The van der Waals surface area contributed by atoms with Gasteiger partial charge in [-0.15, -0.1) is 0 Å². The van der Waals surface area contributed by atoms with Crippen molar-refractivity contribution in [2.24, 2.45) is 0 Å². The Bertz CT molecular complexity index is 1080. The van der Waals surface area contributed by atoms with Gasteiger partial charge in [-0.05, 0) is 57.3 Å². The van der Waals surface area contributed by atoms with Crippen LogP contribution in [0.5, 0.6) is 5.75 Å². The number of hydrogen-bond acceptors (Lipinski definition) is 8. The smallest absolute Gasteiger partial charge is 0.411 e. The number of anilines is 2. The van der Waals surface area contributed by atoms with Gasteiger partial charge < -0.3 is 29.5 Å². The lowest BCUT2D eigenvalue weighted by molar-refractivity contribution is 0.0949. The van der Waals surface area contributed by atoms with E-state index in [1.807, 2.05) is 43.3 Å². The van der Waals surface area contributed by atoms with Gasteiger partial charge in [0.15, 0.2) is 0 Å². The maximum absolute atomic E-state index is 12.8. The maximum Gasteiger partial charge on any atom is 0.411 e. The first-order valence-corrected chi connectivity index (χ1v) is 14.4. The van der Waals surface area contributed by atoms with Crippen molar-refractivity contribution >= 4 is 23.4 Å². The third kappa shape index (κ3) is 9.11. The fourth-order valence-electron chi connectivity index (χ4n) is 5.02. The van der Waals surface area contributed by atoms with Crippen LogP contribution in [0.4, 0.5) is 16.2 Å². The van der Waals surface area contributed by atoms with Crippen molar-refractivity contribution in [2.75, 3.05) is 102 Å². The van der Waals surface area contributed by atoms with E-state index in [4.69, 9.17) is 9.47 Å². The molecule has 2 N–H and O–H groups in total. The second-order valence-electron chi connectivity index (χ2n) is 10.3. The van der Waals surface area contributed by atoms with Gasteiger partial charge in [-0.3, -0.25) is 15.0 Å². The van der Waals surface area contributed by atoms with E-state index in [-0.39, 0.29) is 5.91 Å². The van der Waals surface area contributed by atoms with Crippen LogP contribution in [-0.4, -0.2) is 119 Å². The van der Waals surface area contributed by atoms with Gasteiger partial charge in [-0.1, -0.05) is 18.2 Å². The van der Waals surface area contributed by atoms with Crippen molar-refractivity contribution in [1.29, 1.82) is 0 Å². The van der Waals surface area contributed by atoms with E-state index in [0.29, 0.717) is 43.3 Å². The number of carbonyl (C=O) groups is 2. The van der Waals surface area contributed by atoms with Crippen molar-refractivity contribution in [3.05, 3.63) is 54.1 Å². The summed E-state index contributed by atoms with van der Waals surface area (Å²) in [5.41, 5.74) is 2.36. The Morgan fingerprint density at radius 2 is 1.60 bits per heavy atom. The average Bonchev–Trinajstić information content (AvgIpc) is 2.98.